The van der Waals surface area contributed by atoms with Crippen LogP contribution in [0.2, 0.25) is 90.7 Å². The van der Waals surface area contributed by atoms with E-state index in [-0.39, 0.29) is 11.9 Å². The maximum Gasteiger partial charge on any atom is 0.314 e. The Morgan fingerprint density at radius 3 is 1.31 bits per heavy atom. The number of carbonyl (C=O) groups excluding carboxylic acids is 1. The average Bonchev–Trinajstić information content (AvgIpc) is 3.04. The molecule has 0 amide bonds. The molecule has 0 fully saturated rings. The molecule has 0 saturated heterocycles. The van der Waals surface area contributed by atoms with Gasteiger partial charge in [-0.15, -0.1) is 0 Å². The van der Waals surface area contributed by atoms with Crippen molar-refractivity contribution in [3.8, 4) is 11.5 Å². The molecule has 0 aliphatic rings. The summed E-state index contributed by atoms with van der Waals surface area (Å²) in [7, 11) is -11.8. The number of hydrogen-bond acceptors (Lipinski definition) is 8. The molecule has 2 aromatic rings. The molecular formula is C44H84O8Si6. The first kappa shape index (κ1) is 52.9. The minimum Gasteiger partial charge on any atom is -0.496 e. The first-order valence-electron chi connectivity index (χ1n) is 22.1. The summed E-state index contributed by atoms with van der Waals surface area (Å²) in [6.45, 7) is 34.5. The van der Waals surface area contributed by atoms with Crippen LogP contribution in [0.15, 0.2) is 36.4 Å². The van der Waals surface area contributed by atoms with Crippen LogP contribution in [0.5, 0.6) is 11.5 Å². The van der Waals surface area contributed by atoms with Crippen molar-refractivity contribution < 1.29 is 34.8 Å². The molecule has 0 aliphatic heterocycles. The zero-order valence-corrected chi connectivity index (χ0v) is 46.0. The maximum absolute atomic E-state index is 11.6. The fourth-order valence-electron chi connectivity index (χ4n) is 8.66. The highest BCUT2D eigenvalue weighted by atomic mass is 28.5. The molecule has 0 bridgehead atoms. The molecule has 0 aliphatic carbocycles. The minimum absolute atomic E-state index is 0.277. The third kappa shape index (κ3) is 20.6. The van der Waals surface area contributed by atoms with Crippen LogP contribution in [-0.2, 0) is 25.4 Å². The summed E-state index contributed by atoms with van der Waals surface area (Å²) in [5.41, 5.74) is 4.69. The van der Waals surface area contributed by atoms with Crippen LogP contribution in [0.1, 0.15) is 113 Å². The Hall–Kier alpha value is -1.19. The predicted octanol–water partition coefficient (Wildman–Crippen LogP) is 14.0. The van der Waals surface area contributed by atoms with Gasteiger partial charge in [-0.2, -0.15) is 0 Å². The number of hydrogen-bond donors (Lipinski definition) is 0. The van der Waals surface area contributed by atoms with Crippen LogP contribution in [0.3, 0.4) is 0 Å². The first-order chi connectivity index (χ1) is 26.7. The summed E-state index contributed by atoms with van der Waals surface area (Å²) in [4.78, 5) is 11.6. The van der Waals surface area contributed by atoms with E-state index in [0.717, 1.165) is 29.3 Å². The van der Waals surface area contributed by atoms with E-state index < -0.39 is 50.9 Å². The normalized spacial score (nSPS) is 13.8. The number of esters is 1. The highest BCUT2D eigenvalue weighted by molar-refractivity contribution is 6.91. The van der Waals surface area contributed by atoms with Crippen molar-refractivity contribution in [1.29, 1.82) is 0 Å². The predicted molar refractivity (Wildman–Crippen MR) is 258 cm³/mol. The molecule has 58 heavy (non-hydrogen) atoms. The molecule has 0 aromatic heterocycles. The van der Waals surface area contributed by atoms with Gasteiger partial charge in [-0.3, -0.25) is 4.79 Å². The van der Waals surface area contributed by atoms with E-state index in [9.17, 15) is 4.79 Å². The van der Waals surface area contributed by atoms with Crippen LogP contribution in [-0.4, -0.2) is 64.0 Å². The van der Waals surface area contributed by atoms with Crippen molar-refractivity contribution >= 4 is 56.8 Å². The van der Waals surface area contributed by atoms with E-state index >= 15 is 0 Å². The lowest BCUT2D eigenvalue weighted by atomic mass is 9.85. The van der Waals surface area contributed by atoms with E-state index in [4.69, 9.17) is 30.0 Å². The van der Waals surface area contributed by atoms with Gasteiger partial charge in [0, 0.05) is 12.8 Å². The number of carbonyl (C=O) groups is 1. The van der Waals surface area contributed by atoms with Crippen molar-refractivity contribution in [2.75, 3.05) is 7.11 Å². The van der Waals surface area contributed by atoms with Crippen LogP contribution in [0, 0.1) is 13.8 Å². The fraction of sp³-hybridized carbons (Fsp3) is 0.705. The molecule has 0 heterocycles. The van der Waals surface area contributed by atoms with Crippen LogP contribution in [0.25, 0.3) is 0 Å². The molecule has 332 valence electrons. The van der Waals surface area contributed by atoms with E-state index in [2.05, 4.69) is 123 Å². The number of aryl methyl sites for hydroxylation is 2. The third-order valence-corrected chi connectivity index (χ3v) is 33.6. The second kappa shape index (κ2) is 23.3. The number of unbranched alkanes of at least 4 members (excludes halogenated alkanes) is 8. The molecular weight excluding hydrogens is 825 g/mol. The van der Waals surface area contributed by atoms with E-state index in [1.54, 1.807) is 7.11 Å². The summed E-state index contributed by atoms with van der Waals surface area (Å²) in [5.74, 6) is 1.53. The van der Waals surface area contributed by atoms with E-state index in [1.165, 1.54) is 88.3 Å². The summed E-state index contributed by atoms with van der Waals surface area (Å²) >= 11 is 0. The van der Waals surface area contributed by atoms with Gasteiger partial charge in [0.25, 0.3) is 0 Å². The SMILES string of the molecule is CCCC[Si](C)(C)O[Si](C)(C)O[Si](C)(C)O[Si](C)(C)O[Si](C)(C)O[Si](C)(C)CCCCCCCCCCC(c1ccc(OC)c(C)c1)c1ccc(OC(C)=O)c(C)c1. The maximum atomic E-state index is 11.6. The molecule has 8 nitrogen and oxygen atoms in total. The van der Waals surface area contributed by atoms with Crippen LogP contribution >= 0.6 is 0 Å². The molecule has 0 radical (unpaired) electrons. The lowest BCUT2D eigenvalue weighted by Crippen LogP contribution is -2.60. The highest BCUT2D eigenvalue weighted by Crippen LogP contribution is 2.35. The quantitative estimate of drug-likeness (QED) is 0.0361. The van der Waals surface area contributed by atoms with Crippen molar-refractivity contribution in [3.63, 3.8) is 0 Å². The monoisotopic (exact) mass is 908 g/mol. The van der Waals surface area contributed by atoms with Gasteiger partial charge in [0.2, 0.25) is 0 Å². The lowest BCUT2D eigenvalue weighted by Gasteiger charge is -2.43. The van der Waals surface area contributed by atoms with Crippen LogP contribution in [0.4, 0.5) is 0 Å². The Labute approximate surface area is 362 Å². The van der Waals surface area contributed by atoms with Gasteiger partial charge in [-0.05, 0) is 145 Å². The summed E-state index contributed by atoms with van der Waals surface area (Å²) in [5, 5.41) is 0. The number of rotatable bonds is 28. The van der Waals surface area contributed by atoms with Crippen molar-refractivity contribution in [2.45, 2.75) is 195 Å². The molecule has 0 saturated carbocycles. The zero-order chi connectivity index (χ0) is 44.0. The molecule has 0 N–H and O–H groups in total. The second-order valence-electron chi connectivity index (χ2n) is 19.5. The molecule has 14 heteroatoms. The van der Waals surface area contributed by atoms with Gasteiger partial charge in [-0.1, -0.05) is 95.4 Å². The average molecular weight is 910 g/mol. The topological polar surface area (TPSA) is 81.7 Å². The Bertz CT molecular complexity index is 1560. The third-order valence-electron chi connectivity index (χ3n) is 10.3. The van der Waals surface area contributed by atoms with Gasteiger partial charge in [0.15, 0.2) is 16.6 Å². The highest BCUT2D eigenvalue weighted by Gasteiger charge is 2.47. The largest absolute Gasteiger partial charge is 0.496 e. The molecule has 0 spiro atoms. The molecule has 2 aromatic carbocycles. The van der Waals surface area contributed by atoms with Gasteiger partial charge in [0.1, 0.15) is 11.5 Å². The standard InChI is InChI=1S/C44H84O8Si6/c1-18-19-33-53(6,7)48-55(10,11)50-57(14,15)52-58(16,17)51-56(12,13)49-54(8,9)34-27-25-23-21-20-22-24-26-28-42(40-29-31-43(46-5)37(2)35-40)41-30-32-44(38(3)36-41)47-39(4)45/h29-32,35-36,42H,18-28,33-34H2,1-17H3. The fourth-order valence-corrected chi connectivity index (χ4v) is 38.8. The lowest BCUT2D eigenvalue weighted by molar-refractivity contribution is -0.131. The van der Waals surface area contributed by atoms with Crippen molar-refractivity contribution in [1.82, 2.24) is 0 Å². The van der Waals surface area contributed by atoms with E-state index in [0.29, 0.717) is 5.75 Å². The van der Waals surface area contributed by atoms with Crippen molar-refractivity contribution in [2.24, 2.45) is 0 Å². The Kier molecular flexibility index (Phi) is 21.3. The molecule has 1 unspecified atom stereocenters. The minimum atomic E-state index is -2.52. The zero-order valence-electron chi connectivity index (χ0n) is 40.0. The van der Waals surface area contributed by atoms with Gasteiger partial charge < -0.3 is 30.0 Å². The van der Waals surface area contributed by atoms with Gasteiger partial charge >= 0.3 is 40.2 Å². The summed E-state index contributed by atoms with van der Waals surface area (Å²) in [6.07, 6.45) is 13.5. The smallest absolute Gasteiger partial charge is 0.314 e. The Morgan fingerprint density at radius 2 is 0.914 bits per heavy atom. The molecule has 1 atom stereocenters. The number of methoxy groups -OCH3 is 1. The van der Waals surface area contributed by atoms with Gasteiger partial charge in [0.05, 0.1) is 7.11 Å². The number of ether oxygens (including phenoxy) is 2. The summed E-state index contributed by atoms with van der Waals surface area (Å²) < 4.78 is 45.1. The second-order valence-corrected chi connectivity index (χ2v) is 42.8. The van der Waals surface area contributed by atoms with Crippen LogP contribution < -0.4 is 9.47 Å². The first-order valence-corrected chi connectivity index (χ1v) is 39.6. The Morgan fingerprint density at radius 1 is 0.534 bits per heavy atom. The number of benzene rings is 2. The summed E-state index contributed by atoms with van der Waals surface area (Å²) in [6, 6.07) is 15.1. The Balaban J connectivity index is 1.80. The molecule has 2 rings (SSSR count). The van der Waals surface area contributed by atoms with Crippen molar-refractivity contribution in [3.05, 3.63) is 58.7 Å². The van der Waals surface area contributed by atoms with Gasteiger partial charge in [-0.25, -0.2) is 0 Å². The van der Waals surface area contributed by atoms with E-state index in [1.807, 2.05) is 13.0 Å².